The second-order valence-corrected chi connectivity index (χ2v) is 6.88. The van der Waals surface area contributed by atoms with Gasteiger partial charge in [0.15, 0.2) is 0 Å². The summed E-state index contributed by atoms with van der Waals surface area (Å²) < 4.78 is 0. The minimum absolute atomic E-state index is 0.160. The Hall–Kier alpha value is -2.71. The molecule has 3 aromatic rings. The highest BCUT2D eigenvalue weighted by Gasteiger charge is 2.22. The SMILES string of the molecule is O=[N+]([O-])c1c(NCCc2cccs2)ncnc1NCc1ccc(Cl)cc1. The van der Waals surface area contributed by atoms with E-state index >= 15 is 0 Å². The van der Waals surface area contributed by atoms with Crippen LogP contribution in [0.2, 0.25) is 5.02 Å². The predicted molar refractivity (Wildman–Crippen MR) is 104 cm³/mol. The van der Waals surface area contributed by atoms with Gasteiger partial charge < -0.3 is 10.6 Å². The van der Waals surface area contributed by atoms with Gasteiger partial charge in [-0.15, -0.1) is 11.3 Å². The summed E-state index contributed by atoms with van der Waals surface area (Å²) in [7, 11) is 0. The highest BCUT2D eigenvalue weighted by Crippen LogP contribution is 2.29. The van der Waals surface area contributed by atoms with E-state index in [9.17, 15) is 10.1 Å². The quantitative estimate of drug-likeness (QED) is 0.439. The van der Waals surface area contributed by atoms with Crippen molar-refractivity contribution in [1.82, 2.24) is 9.97 Å². The van der Waals surface area contributed by atoms with E-state index in [4.69, 9.17) is 11.6 Å². The second kappa shape index (κ2) is 8.59. The summed E-state index contributed by atoms with van der Waals surface area (Å²) in [6.07, 6.45) is 2.08. The summed E-state index contributed by atoms with van der Waals surface area (Å²) >= 11 is 7.51. The molecule has 0 aliphatic heterocycles. The molecule has 0 saturated heterocycles. The van der Waals surface area contributed by atoms with Gasteiger partial charge in [0.1, 0.15) is 6.33 Å². The molecule has 0 amide bonds. The van der Waals surface area contributed by atoms with E-state index in [1.54, 1.807) is 23.5 Å². The fourth-order valence-electron chi connectivity index (χ4n) is 2.36. The largest absolute Gasteiger partial charge is 0.364 e. The Balaban J connectivity index is 1.70. The Labute approximate surface area is 159 Å². The minimum Gasteiger partial charge on any atom is -0.364 e. The van der Waals surface area contributed by atoms with Gasteiger partial charge in [-0.1, -0.05) is 29.8 Å². The van der Waals surface area contributed by atoms with Crippen molar-refractivity contribution in [2.75, 3.05) is 17.2 Å². The van der Waals surface area contributed by atoms with Crippen LogP contribution in [0.3, 0.4) is 0 Å². The van der Waals surface area contributed by atoms with Crippen molar-refractivity contribution in [1.29, 1.82) is 0 Å². The van der Waals surface area contributed by atoms with Gasteiger partial charge >= 0.3 is 5.69 Å². The number of thiophene rings is 1. The molecule has 134 valence electrons. The molecule has 0 spiro atoms. The van der Waals surface area contributed by atoms with Gasteiger partial charge in [0.05, 0.1) is 4.92 Å². The lowest BCUT2D eigenvalue weighted by Gasteiger charge is -2.10. The van der Waals surface area contributed by atoms with E-state index in [2.05, 4.69) is 20.6 Å². The number of rotatable bonds is 8. The van der Waals surface area contributed by atoms with Crippen molar-refractivity contribution < 1.29 is 4.92 Å². The molecule has 0 bridgehead atoms. The summed E-state index contributed by atoms with van der Waals surface area (Å²) in [5.74, 6) is 0.388. The zero-order valence-corrected chi connectivity index (χ0v) is 15.3. The first-order valence-corrected chi connectivity index (χ1v) is 9.13. The number of anilines is 2. The van der Waals surface area contributed by atoms with Crippen molar-refractivity contribution in [2.24, 2.45) is 0 Å². The molecule has 0 aliphatic carbocycles. The topological polar surface area (TPSA) is 93.0 Å². The van der Waals surface area contributed by atoms with E-state index in [0.29, 0.717) is 18.1 Å². The number of aromatic nitrogens is 2. The van der Waals surface area contributed by atoms with Crippen LogP contribution in [-0.4, -0.2) is 21.4 Å². The van der Waals surface area contributed by atoms with E-state index in [1.807, 2.05) is 29.6 Å². The van der Waals surface area contributed by atoms with Crippen LogP contribution in [0.4, 0.5) is 17.3 Å². The Kier molecular flexibility index (Phi) is 5.98. The number of nitrogens with one attached hydrogen (secondary N) is 2. The molecule has 7 nitrogen and oxygen atoms in total. The number of nitro groups is 1. The fraction of sp³-hybridized carbons (Fsp3) is 0.176. The van der Waals surface area contributed by atoms with E-state index in [-0.39, 0.29) is 17.3 Å². The van der Waals surface area contributed by atoms with Crippen LogP contribution in [0.5, 0.6) is 0 Å². The lowest BCUT2D eigenvalue weighted by Crippen LogP contribution is -2.11. The highest BCUT2D eigenvalue weighted by molar-refractivity contribution is 7.09. The molecule has 26 heavy (non-hydrogen) atoms. The normalized spacial score (nSPS) is 10.5. The average molecular weight is 390 g/mol. The van der Waals surface area contributed by atoms with Crippen LogP contribution in [0, 0.1) is 10.1 Å². The lowest BCUT2D eigenvalue weighted by atomic mass is 10.2. The summed E-state index contributed by atoms with van der Waals surface area (Å²) in [4.78, 5) is 20.3. The first-order valence-electron chi connectivity index (χ1n) is 7.87. The van der Waals surface area contributed by atoms with Crippen molar-refractivity contribution in [3.63, 3.8) is 0 Å². The molecule has 0 saturated carbocycles. The molecule has 0 unspecified atom stereocenters. The standard InChI is InChI=1S/C17H16ClN5O2S/c18-13-5-3-12(4-6-13)10-20-17-15(23(24)25)16(21-11-22-17)19-8-7-14-2-1-9-26-14/h1-6,9,11H,7-8,10H2,(H2,19,20,21,22). The van der Waals surface area contributed by atoms with Crippen molar-refractivity contribution in [3.05, 3.63) is 73.7 Å². The van der Waals surface area contributed by atoms with Crippen molar-refractivity contribution >= 4 is 40.3 Å². The molecule has 9 heteroatoms. The maximum atomic E-state index is 11.5. The monoisotopic (exact) mass is 389 g/mol. The predicted octanol–water partition coefficient (Wildman–Crippen LogP) is 4.37. The fourth-order valence-corrected chi connectivity index (χ4v) is 3.19. The van der Waals surface area contributed by atoms with Gasteiger partial charge in [0.25, 0.3) is 0 Å². The summed E-state index contributed by atoms with van der Waals surface area (Å²) in [6, 6.07) is 11.2. The highest BCUT2D eigenvalue weighted by atomic mass is 35.5. The molecular weight excluding hydrogens is 374 g/mol. The van der Waals surface area contributed by atoms with Gasteiger partial charge in [-0.3, -0.25) is 10.1 Å². The molecule has 2 aromatic heterocycles. The maximum absolute atomic E-state index is 11.5. The van der Waals surface area contributed by atoms with Crippen LogP contribution in [0.15, 0.2) is 48.1 Å². The molecular formula is C17H16ClN5O2S. The third-order valence-corrected chi connectivity index (χ3v) is 4.81. The first-order chi connectivity index (χ1) is 12.6. The third kappa shape index (κ3) is 4.68. The zero-order chi connectivity index (χ0) is 18.4. The summed E-state index contributed by atoms with van der Waals surface area (Å²) in [5.41, 5.74) is 0.780. The lowest BCUT2D eigenvalue weighted by molar-refractivity contribution is -0.383. The maximum Gasteiger partial charge on any atom is 0.353 e. The van der Waals surface area contributed by atoms with Crippen LogP contribution in [0.1, 0.15) is 10.4 Å². The molecule has 0 atom stereocenters. The van der Waals surface area contributed by atoms with Gasteiger partial charge in [0, 0.05) is 23.0 Å². The van der Waals surface area contributed by atoms with Crippen LogP contribution < -0.4 is 10.6 Å². The van der Waals surface area contributed by atoms with Gasteiger partial charge in [-0.2, -0.15) is 0 Å². The average Bonchev–Trinajstić information content (AvgIpc) is 3.14. The number of halogens is 1. The Morgan fingerprint density at radius 1 is 1.12 bits per heavy atom. The van der Waals surface area contributed by atoms with Gasteiger partial charge in [-0.25, -0.2) is 9.97 Å². The summed E-state index contributed by atoms with van der Waals surface area (Å²) in [5, 5.41) is 20.2. The molecule has 2 N–H and O–H groups in total. The molecule has 3 rings (SSSR count). The summed E-state index contributed by atoms with van der Waals surface area (Å²) in [6.45, 7) is 0.943. The molecule has 0 fully saturated rings. The van der Waals surface area contributed by atoms with Crippen LogP contribution in [-0.2, 0) is 13.0 Å². The van der Waals surface area contributed by atoms with Crippen LogP contribution >= 0.6 is 22.9 Å². The van der Waals surface area contributed by atoms with Crippen molar-refractivity contribution in [3.8, 4) is 0 Å². The van der Waals surface area contributed by atoms with Gasteiger partial charge in [0.2, 0.25) is 11.6 Å². The Bertz CT molecular complexity index is 871. The third-order valence-electron chi connectivity index (χ3n) is 3.62. The van der Waals surface area contributed by atoms with Crippen molar-refractivity contribution in [2.45, 2.75) is 13.0 Å². The number of benzene rings is 1. The molecule has 1 aromatic carbocycles. The second-order valence-electron chi connectivity index (χ2n) is 5.41. The van der Waals surface area contributed by atoms with E-state index in [0.717, 1.165) is 12.0 Å². The van der Waals surface area contributed by atoms with Gasteiger partial charge in [-0.05, 0) is 35.6 Å². The molecule has 0 radical (unpaired) electrons. The molecule has 0 aliphatic rings. The zero-order valence-electron chi connectivity index (χ0n) is 13.7. The molecule has 2 heterocycles. The number of nitrogens with zero attached hydrogens (tertiary/aromatic N) is 3. The number of hydrogen-bond acceptors (Lipinski definition) is 7. The minimum atomic E-state index is -0.475. The smallest absolute Gasteiger partial charge is 0.353 e. The Morgan fingerprint density at radius 3 is 2.50 bits per heavy atom. The van der Waals surface area contributed by atoms with E-state index < -0.39 is 4.92 Å². The van der Waals surface area contributed by atoms with E-state index in [1.165, 1.54) is 11.2 Å². The number of hydrogen-bond donors (Lipinski definition) is 2. The Morgan fingerprint density at radius 2 is 1.85 bits per heavy atom. The first kappa shape index (κ1) is 18.1. The van der Waals surface area contributed by atoms with Crippen LogP contribution in [0.25, 0.3) is 0 Å².